The van der Waals surface area contributed by atoms with E-state index in [4.69, 9.17) is 29.2 Å². The van der Waals surface area contributed by atoms with Gasteiger partial charge in [0, 0.05) is 19.7 Å². The molecule has 1 aliphatic rings. The lowest BCUT2D eigenvalue weighted by atomic mass is 10.2. The van der Waals surface area contributed by atoms with Gasteiger partial charge in [-0.05, 0) is 42.8 Å². The van der Waals surface area contributed by atoms with Gasteiger partial charge >= 0.3 is 0 Å². The molecule has 4 N–H and O–H groups in total. The second-order valence-electron chi connectivity index (χ2n) is 4.76. The summed E-state index contributed by atoms with van der Waals surface area (Å²) in [5.41, 5.74) is 6.87. The van der Waals surface area contributed by atoms with Crippen LogP contribution in [0.25, 0.3) is 0 Å². The monoisotopic (exact) mass is 324 g/mol. The van der Waals surface area contributed by atoms with Crippen LogP contribution >= 0.6 is 24.4 Å². The molecule has 1 atom stereocenters. The molecule has 114 valence electrons. The lowest BCUT2D eigenvalue weighted by Crippen LogP contribution is -2.51. The Labute approximate surface area is 135 Å². The average molecular weight is 324 g/mol. The van der Waals surface area contributed by atoms with E-state index in [2.05, 4.69) is 21.5 Å². The van der Waals surface area contributed by atoms with Gasteiger partial charge in [0.05, 0.1) is 6.10 Å². The van der Waals surface area contributed by atoms with Crippen molar-refractivity contribution in [3.8, 4) is 0 Å². The van der Waals surface area contributed by atoms with E-state index < -0.39 is 0 Å². The molecule has 0 amide bonds. The molecule has 1 aliphatic heterocycles. The highest BCUT2D eigenvalue weighted by Crippen LogP contribution is 2.10. The van der Waals surface area contributed by atoms with Crippen LogP contribution in [0.15, 0.2) is 30.3 Å². The van der Waals surface area contributed by atoms with E-state index in [1.807, 2.05) is 30.3 Å². The van der Waals surface area contributed by atoms with Gasteiger partial charge < -0.3 is 15.4 Å². The fourth-order valence-corrected chi connectivity index (χ4v) is 2.25. The molecule has 1 saturated heterocycles. The van der Waals surface area contributed by atoms with Gasteiger partial charge in [0.15, 0.2) is 10.2 Å². The molecule has 0 aliphatic carbocycles. The van der Waals surface area contributed by atoms with Gasteiger partial charge in [-0.2, -0.15) is 0 Å². The first-order chi connectivity index (χ1) is 10.2. The van der Waals surface area contributed by atoms with E-state index >= 15 is 0 Å². The van der Waals surface area contributed by atoms with Crippen LogP contribution in [0, 0.1) is 0 Å². The number of hydrogen-bond acceptors (Lipinski definition) is 3. The zero-order valence-corrected chi connectivity index (χ0v) is 13.4. The third-order valence-electron chi connectivity index (χ3n) is 3.10. The molecule has 2 rings (SSSR count). The number of rotatable bonds is 4. The largest absolute Gasteiger partial charge is 0.376 e. The van der Waals surface area contributed by atoms with Crippen LogP contribution in [0.3, 0.4) is 0 Å². The lowest BCUT2D eigenvalue weighted by Gasteiger charge is -2.16. The van der Waals surface area contributed by atoms with Crippen molar-refractivity contribution in [2.45, 2.75) is 25.5 Å². The fourth-order valence-electron chi connectivity index (χ4n) is 1.99. The first-order valence-corrected chi connectivity index (χ1v) is 7.79. The normalized spacial score (nSPS) is 17.0. The predicted molar refractivity (Wildman–Crippen MR) is 91.7 cm³/mol. The minimum atomic E-state index is 0.257. The van der Waals surface area contributed by atoms with Crippen molar-refractivity contribution in [3.05, 3.63) is 35.9 Å². The molecule has 0 spiro atoms. The summed E-state index contributed by atoms with van der Waals surface area (Å²) in [4.78, 5) is 0. The predicted octanol–water partition coefficient (Wildman–Crippen LogP) is 1.21. The Morgan fingerprint density at radius 2 is 1.81 bits per heavy atom. The summed E-state index contributed by atoms with van der Waals surface area (Å²) >= 11 is 10.3. The fraction of sp³-hybridized carbons (Fsp3) is 0.429. The van der Waals surface area contributed by atoms with Crippen LogP contribution in [-0.4, -0.2) is 29.5 Å². The molecule has 1 aromatic rings. The molecule has 1 fully saturated rings. The number of hydrogen-bond donors (Lipinski definition) is 4. The molecule has 0 radical (unpaired) electrons. The van der Waals surface area contributed by atoms with Crippen LogP contribution in [0.1, 0.15) is 18.4 Å². The van der Waals surface area contributed by atoms with Crippen LogP contribution < -0.4 is 21.5 Å². The van der Waals surface area contributed by atoms with Crippen LogP contribution in [-0.2, 0) is 11.3 Å². The Morgan fingerprint density at radius 1 is 1.10 bits per heavy atom. The SMILES string of the molecule is S=C(NCc1ccccc1)NNC(=S)NC[C@@H]1CCCO1. The molecule has 0 bridgehead atoms. The van der Waals surface area contributed by atoms with Gasteiger partial charge in [-0.25, -0.2) is 0 Å². The quantitative estimate of drug-likeness (QED) is 0.491. The number of nitrogens with one attached hydrogen (secondary N) is 4. The van der Waals surface area contributed by atoms with Gasteiger partial charge in [-0.3, -0.25) is 10.9 Å². The smallest absolute Gasteiger partial charge is 0.185 e. The number of ether oxygens (including phenoxy) is 1. The summed E-state index contributed by atoms with van der Waals surface area (Å²) < 4.78 is 5.51. The molecule has 7 heteroatoms. The number of thiocarbonyl (C=S) groups is 2. The van der Waals surface area contributed by atoms with Crippen LogP contribution in [0.4, 0.5) is 0 Å². The van der Waals surface area contributed by atoms with Crippen molar-refractivity contribution < 1.29 is 4.74 Å². The van der Waals surface area contributed by atoms with E-state index in [1.165, 1.54) is 5.56 Å². The maximum absolute atomic E-state index is 5.51. The molecule has 1 aromatic carbocycles. The first kappa shape index (κ1) is 15.9. The first-order valence-electron chi connectivity index (χ1n) is 6.97. The third-order valence-corrected chi connectivity index (χ3v) is 3.59. The van der Waals surface area contributed by atoms with Crippen molar-refractivity contribution >= 4 is 34.7 Å². The summed E-state index contributed by atoms with van der Waals surface area (Å²) in [6.45, 7) is 2.24. The highest BCUT2D eigenvalue weighted by atomic mass is 32.1. The summed E-state index contributed by atoms with van der Waals surface area (Å²) in [6.07, 6.45) is 2.46. The third kappa shape index (κ3) is 6.24. The van der Waals surface area contributed by atoms with Gasteiger partial charge in [0.1, 0.15) is 0 Å². The van der Waals surface area contributed by atoms with E-state index in [-0.39, 0.29) is 6.10 Å². The zero-order chi connectivity index (χ0) is 14.9. The van der Waals surface area contributed by atoms with E-state index in [9.17, 15) is 0 Å². The second kappa shape index (κ2) is 8.76. The van der Waals surface area contributed by atoms with Crippen molar-refractivity contribution in [3.63, 3.8) is 0 Å². The minimum Gasteiger partial charge on any atom is -0.376 e. The maximum Gasteiger partial charge on any atom is 0.185 e. The van der Waals surface area contributed by atoms with Gasteiger partial charge in [0.25, 0.3) is 0 Å². The number of hydrazine groups is 1. The Hall–Kier alpha value is -1.44. The average Bonchev–Trinajstić information content (AvgIpc) is 3.03. The van der Waals surface area contributed by atoms with Gasteiger partial charge in [0.2, 0.25) is 0 Å². The van der Waals surface area contributed by atoms with E-state index in [0.29, 0.717) is 16.8 Å². The number of benzene rings is 1. The van der Waals surface area contributed by atoms with Crippen molar-refractivity contribution in [1.29, 1.82) is 0 Å². The lowest BCUT2D eigenvalue weighted by molar-refractivity contribution is 0.114. The summed E-state index contributed by atoms with van der Waals surface area (Å²) in [5, 5.41) is 7.21. The van der Waals surface area contributed by atoms with Crippen molar-refractivity contribution in [1.82, 2.24) is 21.5 Å². The molecule has 0 aromatic heterocycles. The Kier molecular flexibility index (Phi) is 6.65. The topological polar surface area (TPSA) is 57.3 Å². The Morgan fingerprint density at radius 3 is 2.48 bits per heavy atom. The van der Waals surface area contributed by atoms with Crippen molar-refractivity contribution in [2.75, 3.05) is 13.2 Å². The summed E-state index contributed by atoms with van der Waals surface area (Å²) in [6, 6.07) is 10.1. The van der Waals surface area contributed by atoms with Crippen LogP contribution in [0.2, 0.25) is 0 Å². The Balaban J connectivity index is 1.56. The minimum absolute atomic E-state index is 0.257. The van der Waals surface area contributed by atoms with Gasteiger partial charge in [-0.15, -0.1) is 0 Å². The standard InChI is InChI=1S/C14H20N4OS2/c20-13(15-9-11-5-2-1-3-6-11)17-18-14(21)16-10-12-7-4-8-19-12/h1-3,5-6,12H,4,7-10H2,(H2,15,17,20)(H2,16,18,21)/t12-/m0/s1. The molecule has 0 unspecified atom stereocenters. The summed E-state index contributed by atoms with van der Waals surface area (Å²) in [7, 11) is 0. The molecule has 0 saturated carbocycles. The van der Waals surface area contributed by atoms with E-state index in [0.717, 1.165) is 26.0 Å². The van der Waals surface area contributed by atoms with Crippen molar-refractivity contribution in [2.24, 2.45) is 0 Å². The molecule has 5 nitrogen and oxygen atoms in total. The van der Waals surface area contributed by atoms with E-state index in [1.54, 1.807) is 0 Å². The molecule has 1 heterocycles. The Bertz CT molecular complexity index is 463. The van der Waals surface area contributed by atoms with Gasteiger partial charge in [-0.1, -0.05) is 30.3 Å². The zero-order valence-electron chi connectivity index (χ0n) is 11.7. The highest BCUT2D eigenvalue weighted by Gasteiger charge is 2.15. The second-order valence-corrected chi connectivity index (χ2v) is 5.58. The molecular weight excluding hydrogens is 304 g/mol. The molecular formula is C14H20N4OS2. The maximum atomic E-state index is 5.51. The highest BCUT2D eigenvalue weighted by molar-refractivity contribution is 7.80. The van der Waals surface area contributed by atoms with Crippen LogP contribution in [0.5, 0.6) is 0 Å². The summed E-state index contributed by atoms with van der Waals surface area (Å²) in [5.74, 6) is 0. The molecule has 21 heavy (non-hydrogen) atoms.